The van der Waals surface area contributed by atoms with Gasteiger partial charge in [-0.2, -0.15) is 17.0 Å². The smallest absolute Gasteiger partial charge is 0.325 e. The van der Waals surface area contributed by atoms with Gasteiger partial charge in [-0.1, -0.05) is 12.1 Å². The summed E-state index contributed by atoms with van der Waals surface area (Å²) in [6.45, 7) is 2.77. The van der Waals surface area contributed by atoms with E-state index in [1.165, 1.54) is 4.31 Å². The van der Waals surface area contributed by atoms with Gasteiger partial charge >= 0.3 is 5.97 Å². The van der Waals surface area contributed by atoms with E-state index in [0.29, 0.717) is 57.0 Å². The summed E-state index contributed by atoms with van der Waals surface area (Å²) in [4.78, 5) is 13.8. The largest absolute Gasteiger partial charge is 0.497 e. The lowest BCUT2D eigenvalue weighted by molar-refractivity contribution is -0.143. The molecule has 27 heavy (non-hydrogen) atoms. The molecule has 1 aromatic carbocycles. The van der Waals surface area contributed by atoms with Crippen LogP contribution in [0.5, 0.6) is 5.75 Å². The first kappa shape index (κ1) is 20.1. The van der Waals surface area contributed by atoms with Crippen LogP contribution in [0.1, 0.15) is 30.9 Å². The van der Waals surface area contributed by atoms with Gasteiger partial charge in [-0.15, -0.1) is 0 Å². The van der Waals surface area contributed by atoms with Crippen molar-refractivity contribution in [1.82, 2.24) is 13.5 Å². The maximum Gasteiger partial charge on any atom is 0.325 e. The molecule has 0 spiro atoms. The number of aliphatic carboxylic acids is 1. The topological polar surface area (TPSA) is 90.4 Å². The van der Waals surface area contributed by atoms with E-state index < -0.39 is 22.2 Å². The molecule has 0 saturated carbocycles. The van der Waals surface area contributed by atoms with Crippen LogP contribution in [0.25, 0.3) is 0 Å². The highest BCUT2D eigenvalue weighted by Crippen LogP contribution is 2.27. The first-order valence-corrected chi connectivity index (χ1v) is 10.7. The molecule has 2 saturated heterocycles. The minimum absolute atomic E-state index is 0.298. The van der Waals surface area contributed by atoms with E-state index in [4.69, 9.17) is 4.74 Å². The maximum atomic E-state index is 12.8. The molecule has 2 aliphatic rings. The minimum Gasteiger partial charge on any atom is -0.497 e. The third-order valence-electron chi connectivity index (χ3n) is 5.22. The second kappa shape index (κ2) is 8.55. The maximum absolute atomic E-state index is 12.8. The van der Waals surface area contributed by atoms with Gasteiger partial charge in [0.25, 0.3) is 10.2 Å². The van der Waals surface area contributed by atoms with Crippen LogP contribution < -0.4 is 4.74 Å². The van der Waals surface area contributed by atoms with Crippen LogP contribution in [-0.2, 0) is 15.0 Å². The summed E-state index contributed by atoms with van der Waals surface area (Å²) in [5.74, 6) is -0.342. The van der Waals surface area contributed by atoms with E-state index in [1.54, 1.807) is 35.7 Å². The van der Waals surface area contributed by atoms with Crippen molar-refractivity contribution in [3.05, 3.63) is 29.8 Å². The fourth-order valence-electron chi connectivity index (χ4n) is 3.81. The molecule has 0 aliphatic carbocycles. The summed E-state index contributed by atoms with van der Waals surface area (Å²) >= 11 is 0. The van der Waals surface area contributed by atoms with Crippen LogP contribution in [0.3, 0.4) is 0 Å². The second-order valence-electron chi connectivity index (χ2n) is 6.92. The second-order valence-corrected chi connectivity index (χ2v) is 8.85. The summed E-state index contributed by atoms with van der Waals surface area (Å²) in [6, 6.07) is 6.21. The molecule has 0 amide bonds. The van der Waals surface area contributed by atoms with Crippen molar-refractivity contribution < 1.29 is 23.1 Å². The summed E-state index contributed by atoms with van der Waals surface area (Å²) in [5.41, 5.74) is 0.637. The Morgan fingerprint density at radius 3 is 2.37 bits per heavy atom. The number of rotatable bonds is 6. The van der Waals surface area contributed by atoms with Crippen LogP contribution in [0.4, 0.5) is 0 Å². The van der Waals surface area contributed by atoms with Crippen molar-refractivity contribution in [3.8, 4) is 5.75 Å². The Labute approximate surface area is 160 Å². The highest BCUT2D eigenvalue weighted by Gasteiger charge is 2.35. The Morgan fingerprint density at radius 2 is 1.70 bits per heavy atom. The molecule has 9 heteroatoms. The molecule has 150 valence electrons. The van der Waals surface area contributed by atoms with Crippen molar-refractivity contribution >= 4 is 16.2 Å². The fourth-order valence-corrected chi connectivity index (χ4v) is 5.52. The highest BCUT2D eigenvalue weighted by atomic mass is 32.2. The Balaban J connectivity index is 1.75. The zero-order valence-electron chi connectivity index (χ0n) is 15.6. The number of carboxylic acid groups (broad SMARTS) is 1. The van der Waals surface area contributed by atoms with E-state index in [2.05, 4.69) is 0 Å². The number of hydrogen-bond donors (Lipinski definition) is 1. The quantitative estimate of drug-likeness (QED) is 0.775. The van der Waals surface area contributed by atoms with Crippen LogP contribution in [0.15, 0.2) is 24.3 Å². The Hall–Kier alpha value is -1.68. The lowest BCUT2D eigenvalue weighted by Crippen LogP contribution is -2.44. The average Bonchev–Trinajstić information content (AvgIpc) is 3.09. The molecule has 3 rings (SSSR count). The van der Waals surface area contributed by atoms with E-state index in [9.17, 15) is 18.3 Å². The number of carboxylic acids is 1. The van der Waals surface area contributed by atoms with Crippen LogP contribution in [0.2, 0.25) is 0 Å². The lowest BCUT2D eigenvalue weighted by Gasteiger charge is -2.29. The molecule has 8 nitrogen and oxygen atoms in total. The third kappa shape index (κ3) is 4.43. The third-order valence-corrected chi connectivity index (χ3v) is 7.25. The van der Waals surface area contributed by atoms with Gasteiger partial charge in [0.15, 0.2) is 0 Å². The van der Waals surface area contributed by atoms with Crippen LogP contribution in [0, 0.1) is 0 Å². The zero-order chi connectivity index (χ0) is 19.4. The molecule has 1 aromatic rings. The van der Waals surface area contributed by atoms with Crippen LogP contribution >= 0.6 is 0 Å². The molecule has 2 fully saturated rings. The first-order valence-electron chi connectivity index (χ1n) is 9.29. The van der Waals surface area contributed by atoms with Crippen molar-refractivity contribution in [3.63, 3.8) is 0 Å². The van der Waals surface area contributed by atoms with Gasteiger partial charge in [-0.05, 0) is 37.0 Å². The standard InChI is InChI=1S/C18H27N3O5S/c1-26-16-7-4-6-15(14-16)17(18(22)23)19-8-5-11-21(13-12-19)27(24,25)20-9-2-3-10-20/h4,6-7,14,17H,2-3,5,8-13H2,1H3,(H,22,23). The Morgan fingerprint density at radius 1 is 1.04 bits per heavy atom. The zero-order valence-corrected chi connectivity index (χ0v) is 16.4. The molecule has 0 radical (unpaired) electrons. The molecule has 2 aliphatic heterocycles. The van der Waals surface area contributed by atoms with Gasteiger partial charge in [0, 0.05) is 39.3 Å². The van der Waals surface area contributed by atoms with Crippen molar-refractivity contribution in [2.75, 3.05) is 46.4 Å². The van der Waals surface area contributed by atoms with Gasteiger partial charge in [0.2, 0.25) is 0 Å². The normalized spacial score (nSPS) is 21.7. The number of carbonyl (C=O) groups is 1. The molecular formula is C18H27N3O5S. The summed E-state index contributed by atoms with van der Waals surface area (Å²) in [6.07, 6.45) is 2.40. The van der Waals surface area contributed by atoms with Crippen molar-refractivity contribution in [1.29, 1.82) is 0 Å². The predicted molar refractivity (Wildman–Crippen MR) is 101 cm³/mol. The SMILES string of the molecule is COc1cccc(C(C(=O)O)N2CCCN(S(=O)(=O)N3CCCC3)CC2)c1. The van der Waals surface area contributed by atoms with Gasteiger partial charge in [0.1, 0.15) is 11.8 Å². The number of methoxy groups -OCH3 is 1. The summed E-state index contributed by atoms with van der Waals surface area (Å²) < 4.78 is 33.9. The number of nitrogens with zero attached hydrogens (tertiary/aromatic N) is 3. The Kier molecular flexibility index (Phi) is 6.36. The number of ether oxygens (including phenoxy) is 1. The van der Waals surface area contributed by atoms with Crippen LogP contribution in [-0.4, -0.2) is 79.4 Å². The molecule has 1 atom stereocenters. The van der Waals surface area contributed by atoms with Gasteiger partial charge in [0.05, 0.1) is 7.11 Å². The fraction of sp³-hybridized carbons (Fsp3) is 0.611. The van der Waals surface area contributed by atoms with E-state index in [-0.39, 0.29) is 0 Å². The van der Waals surface area contributed by atoms with E-state index >= 15 is 0 Å². The minimum atomic E-state index is -3.46. The van der Waals surface area contributed by atoms with Gasteiger partial charge in [-0.25, -0.2) is 0 Å². The number of benzene rings is 1. The first-order chi connectivity index (χ1) is 12.9. The number of hydrogen-bond acceptors (Lipinski definition) is 5. The molecule has 0 bridgehead atoms. The summed E-state index contributed by atoms with van der Waals surface area (Å²) in [5, 5.41) is 9.81. The van der Waals surface area contributed by atoms with E-state index in [0.717, 1.165) is 12.8 Å². The predicted octanol–water partition coefficient (Wildman–Crippen LogP) is 1.17. The van der Waals surface area contributed by atoms with Crippen molar-refractivity contribution in [2.45, 2.75) is 25.3 Å². The Bertz CT molecular complexity index is 764. The molecular weight excluding hydrogens is 370 g/mol. The highest BCUT2D eigenvalue weighted by molar-refractivity contribution is 7.86. The van der Waals surface area contributed by atoms with Gasteiger partial charge < -0.3 is 9.84 Å². The van der Waals surface area contributed by atoms with Gasteiger partial charge in [-0.3, -0.25) is 9.69 Å². The molecule has 0 aromatic heterocycles. The molecule has 2 heterocycles. The molecule has 1 unspecified atom stereocenters. The van der Waals surface area contributed by atoms with E-state index in [1.807, 2.05) is 4.90 Å². The average molecular weight is 397 g/mol. The summed E-state index contributed by atoms with van der Waals surface area (Å²) in [7, 11) is -1.91. The lowest BCUT2D eigenvalue weighted by atomic mass is 10.0. The monoisotopic (exact) mass is 397 g/mol. The molecule has 1 N–H and O–H groups in total. The van der Waals surface area contributed by atoms with Crippen molar-refractivity contribution in [2.24, 2.45) is 0 Å².